The van der Waals surface area contributed by atoms with E-state index in [0.717, 1.165) is 4.31 Å². The molecule has 5 atom stereocenters. The second-order valence-electron chi connectivity index (χ2n) is 11.7. The minimum atomic E-state index is -4.12. The predicted octanol–water partition coefficient (Wildman–Crippen LogP) is 2.64. The van der Waals surface area contributed by atoms with E-state index in [1.807, 2.05) is 0 Å². The van der Waals surface area contributed by atoms with E-state index >= 15 is 8.78 Å². The first-order valence-corrected chi connectivity index (χ1v) is 14.5. The number of carbonyl (C=O) groups excluding carboxylic acids is 1. The van der Waals surface area contributed by atoms with Crippen LogP contribution in [0.25, 0.3) is 11.3 Å². The van der Waals surface area contributed by atoms with E-state index in [1.165, 1.54) is 43.1 Å². The van der Waals surface area contributed by atoms with Gasteiger partial charge in [-0.3, -0.25) is 4.79 Å². The molecular weight excluding hydrogens is 533 g/mol. The number of nitrogens with one attached hydrogen (secondary N) is 1. The smallest absolute Gasteiger partial charge is 0.280 e. The maximum absolute atomic E-state index is 17.0. The summed E-state index contributed by atoms with van der Waals surface area (Å²) in [6.45, 7) is 2.75. The maximum atomic E-state index is 17.0. The van der Waals surface area contributed by atoms with Crippen molar-refractivity contribution in [2.75, 3.05) is 13.6 Å². The molecule has 1 aromatic heterocycles. The van der Waals surface area contributed by atoms with Crippen LogP contribution in [0.2, 0.25) is 0 Å². The fraction of sp³-hybridized carbons (Fsp3) is 0.556. The Balaban J connectivity index is 1.42. The van der Waals surface area contributed by atoms with Gasteiger partial charge in [-0.1, -0.05) is 12.1 Å². The molecule has 4 aliphatic rings. The number of pyridine rings is 1. The number of halogens is 3. The molecule has 2 N–H and O–H groups in total. The van der Waals surface area contributed by atoms with Crippen LogP contribution < -0.4 is 4.72 Å². The average Bonchev–Trinajstić information content (AvgIpc) is 3.51. The quantitative estimate of drug-likeness (QED) is 0.595. The Morgan fingerprint density at radius 1 is 1.23 bits per heavy atom. The number of hydrogen-bond donors (Lipinski definition) is 2. The fourth-order valence-electron chi connectivity index (χ4n) is 6.68. The van der Waals surface area contributed by atoms with E-state index in [9.17, 15) is 22.7 Å². The number of nitrogens with zero attached hydrogens (tertiary/aromatic N) is 3. The highest BCUT2D eigenvalue weighted by Crippen LogP contribution is 2.61. The van der Waals surface area contributed by atoms with Gasteiger partial charge in [-0.25, -0.2) is 18.2 Å². The lowest BCUT2D eigenvalue weighted by Gasteiger charge is -2.40. The van der Waals surface area contributed by atoms with Crippen LogP contribution in [-0.4, -0.2) is 76.1 Å². The lowest BCUT2D eigenvalue weighted by molar-refractivity contribution is -0.161. The summed E-state index contributed by atoms with van der Waals surface area (Å²) in [5.41, 5.74) is -4.17. The summed E-state index contributed by atoms with van der Waals surface area (Å²) in [5, 5.41) is 10.9. The number of carbonyl (C=O) groups is 1. The molecular formula is C27H31F3N4O4S. The minimum Gasteiger partial charge on any atom is -0.380 e. The number of aromatic nitrogens is 1. The Bertz CT molecular complexity index is 1490. The highest BCUT2D eigenvalue weighted by atomic mass is 32.2. The second kappa shape index (κ2) is 8.48. The zero-order valence-electron chi connectivity index (χ0n) is 21.9. The molecule has 2 saturated heterocycles. The zero-order chi connectivity index (χ0) is 28.1. The fourth-order valence-corrected chi connectivity index (χ4v) is 8.26. The van der Waals surface area contributed by atoms with Crippen LogP contribution in [-0.2, 0) is 21.4 Å². The maximum Gasteiger partial charge on any atom is 0.280 e. The van der Waals surface area contributed by atoms with E-state index in [2.05, 4.69) is 9.71 Å². The molecule has 210 valence electrons. The molecule has 8 nitrogen and oxygen atoms in total. The number of fused-ring (bicyclic) bond motifs is 3. The largest absolute Gasteiger partial charge is 0.380 e. The minimum absolute atomic E-state index is 0.102. The number of rotatable bonds is 4. The van der Waals surface area contributed by atoms with Gasteiger partial charge in [-0.15, -0.1) is 0 Å². The summed E-state index contributed by atoms with van der Waals surface area (Å²) in [6.07, 6.45) is 1.19. The molecule has 0 spiro atoms. The highest BCUT2D eigenvalue weighted by Gasteiger charge is 2.75. The van der Waals surface area contributed by atoms with Crippen molar-refractivity contribution in [1.82, 2.24) is 18.9 Å². The molecule has 0 radical (unpaired) electrons. The lowest BCUT2D eigenvalue weighted by atomic mass is 9.79. The van der Waals surface area contributed by atoms with E-state index in [1.54, 1.807) is 13.0 Å². The number of alkyl halides is 1. The molecule has 2 aliphatic carbocycles. The van der Waals surface area contributed by atoms with Crippen LogP contribution in [0.3, 0.4) is 0 Å². The molecule has 1 amide bonds. The van der Waals surface area contributed by atoms with Crippen molar-refractivity contribution in [2.45, 2.75) is 74.8 Å². The molecule has 3 unspecified atom stereocenters. The number of hydrogen-bond acceptors (Lipinski definition) is 5. The Morgan fingerprint density at radius 2 is 1.95 bits per heavy atom. The van der Waals surface area contributed by atoms with Crippen LogP contribution in [0.4, 0.5) is 13.2 Å². The first kappa shape index (κ1) is 26.7. The normalized spacial score (nSPS) is 34.5. The number of aryl methyl sites for hydroxylation is 1. The Morgan fingerprint density at radius 3 is 2.59 bits per heavy atom. The van der Waals surface area contributed by atoms with Crippen molar-refractivity contribution in [3.8, 4) is 11.3 Å². The molecule has 3 heterocycles. The molecule has 0 bridgehead atoms. The van der Waals surface area contributed by atoms with Gasteiger partial charge in [0.2, 0.25) is 0 Å². The van der Waals surface area contributed by atoms with Crippen molar-refractivity contribution < 1.29 is 31.5 Å². The Labute approximate surface area is 225 Å². The van der Waals surface area contributed by atoms with Gasteiger partial charge >= 0.3 is 0 Å². The third-order valence-electron chi connectivity index (χ3n) is 9.50. The van der Waals surface area contributed by atoms with Gasteiger partial charge in [-0.2, -0.15) is 17.4 Å². The average molecular weight is 565 g/mol. The van der Waals surface area contributed by atoms with Crippen molar-refractivity contribution in [2.24, 2.45) is 5.92 Å². The summed E-state index contributed by atoms with van der Waals surface area (Å²) in [6, 6.07) is 4.68. The van der Waals surface area contributed by atoms with Gasteiger partial charge in [0.05, 0.1) is 30.0 Å². The standard InChI is InChI=1S/C27H31F3N4O4S/c1-15-18(28)8-9-19(31-15)17-7-4-6-16(22(17)29)12-20-23-27(30,14-34(20)24(35)26(36)10-5-11-26)21-13-25(21,2)33(3)39(37,38)32-23/h4,6-9,20-21,23,32,36H,5,10-14H2,1-3H3/t20-,21?,23+,25?,27?/m0/s1. The molecule has 39 heavy (non-hydrogen) atoms. The Hall–Kier alpha value is -2.54. The molecule has 4 fully saturated rings. The van der Waals surface area contributed by atoms with Gasteiger partial charge in [0.15, 0.2) is 5.67 Å². The summed E-state index contributed by atoms with van der Waals surface area (Å²) in [5.74, 6) is -2.54. The van der Waals surface area contributed by atoms with Gasteiger partial charge in [0.1, 0.15) is 17.2 Å². The van der Waals surface area contributed by atoms with Crippen LogP contribution in [0.5, 0.6) is 0 Å². The molecule has 2 saturated carbocycles. The molecule has 2 aromatic rings. The van der Waals surface area contributed by atoms with E-state index in [0.29, 0.717) is 6.42 Å². The van der Waals surface area contributed by atoms with E-state index in [-0.39, 0.29) is 48.2 Å². The first-order chi connectivity index (χ1) is 18.2. The zero-order valence-corrected chi connectivity index (χ0v) is 22.7. The van der Waals surface area contributed by atoms with Crippen LogP contribution in [0, 0.1) is 24.5 Å². The number of amides is 1. The van der Waals surface area contributed by atoms with E-state index in [4.69, 9.17) is 0 Å². The van der Waals surface area contributed by atoms with Crippen LogP contribution in [0.1, 0.15) is 43.9 Å². The summed E-state index contributed by atoms with van der Waals surface area (Å²) >= 11 is 0. The SMILES string of the molecule is Cc1nc(-c2cccc(C[C@H]3[C@H]4NS(=O)(=O)N(C)C5(C)CC5C4(F)CN3C(=O)C3(O)CCC3)c2F)ccc1F. The summed E-state index contributed by atoms with van der Waals surface area (Å²) in [7, 11) is -2.72. The van der Waals surface area contributed by atoms with Crippen molar-refractivity contribution >= 4 is 16.1 Å². The van der Waals surface area contributed by atoms with Gasteiger partial charge in [-0.05, 0) is 69.7 Å². The molecule has 12 heteroatoms. The first-order valence-electron chi connectivity index (χ1n) is 13.1. The van der Waals surface area contributed by atoms with Crippen molar-refractivity contribution in [3.05, 3.63) is 53.2 Å². The third-order valence-corrected chi connectivity index (χ3v) is 11.2. The van der Waals surface area contributed by atoms with Gasteiger partial charge in [0.25, 0.3) is 16.1 Å². The number of benzene rings is 1. The summed E-state index contributed by atoms with van der Waals surface area (Å²) < 4.78 is 76.8. The molecule has 2 aliphatic heterocycles. The number of aliphatic hydroxyl groups is 1. The number of likely N-dealkylation sites (tertiary alicyclic amines) is 1. The summed E-state index contributed by atoms with van der Waals surface area (Å²) in [4.78, 5) is 18.9. The van der Waals surface area contributed by atoms with Gasteiger partial charge < -0.3 is 10.0 Å². The van der Waals surface area contributed by atoms with Crippen molar-refractivity contribution in [3.63, 3.8) is 0 Å². The van der Waals surface area contributed by atoms with Crippen LogP contribution in [0.15, 0.2) is 30.3 Å². The second-order valence-corrected chi connectivity index (χ2v) is 13.5. The van der Waals surface area contributed by atoms with E-state index < -0.39 is 69.1 Å². The monoisotopic (exact) mass is 564 g/mol. The molecule has 6 rings (SSSR count). The predicted molar refractivity (Wildman–Crippen MR) is 136 cm³/mol. The van der Waals surface area contributed by atoms with Gasteiger partial charge in [0, 0.05) is 24.1 Å². The van der Waals surface area contributed by atoms with Crippen LogP contribution >= 0.6 is 0 Å². The van der Waals surface area contributed by atoms with Crippen molar-refractivity contribution in [1.29, 1.82) is 0 Å². The topological polar surface area (TPSA) is 103 Å². The Kier molecular flexibility index (Phi) is 5.80. The third kappa shape index (κ3) is 3.86. The highest BCUT2D eigenvalue weighted by molar-refractivity contribution is 7.87. The molecule has 1 aromatic carbocycles. The lowest BCUT2D eigenvalue weighted by Crippen LogP contribution is -2.58.